The maximum absolute atomic E-state index is 12.7. The molecular weight excluding hydrogens is 369 g/mol. The maximum atomic E-state index is 12.7. The van der Waals surface area contributed by atoms with Gasteiger partial charge < -0.3 is 10.1 Å². The van der Waals surface area contributed by atoms with Crippen LogP contribution in [-0.4, -0.2) is 54.3 Å². The molecule has 0 unspecified atom stereocenters. The van der Waals surface area contributed by atoms with Gasteiger partial charge in [-0.2, -0.15) is 13.2 Å². The van der Waals surface area contributed by atoms with Crippen LogP contribution < -0.4 is 5.32 Å². The Labute approximate surface area is 154 Å². The molecule has 1 saturated heterocycles. The number of nitrogens with one attached hydrogen (secondary N) is 1. The summed E-state index contributed by atoms with van der Waals surface area (Å²) < 4.78 is 43.3. The maximum Gasteiger partial charge on any atom is 0.416 e. The Morgan fingerprint density at radius 1 is 1.12 bits per heavy atom. The van der Waals surface area contributed by atoms with Crippen LogP contribution >= 0.6 is 11.6 Å². The molecule has 1 aromatic carbocycles. The first-order valence-corrected chi connectivity index (χ1v) is 8.56. The molecule has 0 bridgehead atoms. The van der Waals surface area contributed by atoms with Gasteiger partial charge in [-0.15, -0.1) is 0 Å². The largest absolute Gasteiger partial charge is 0.416 e. The highest BCUT2D eigenvalue weighted by Gasteiger charge is 2.30. The average Bonchev–Trinajstić information content (AvgIpc) is 2.62. The van der Waals surface area contributed by atoms with Crippen LogP contribution in [0, 0.1) is 0 Å². The highest BCUT2D eigenvalue weighted by atomic mass is 35.5. The molecule has 5 nitrogen and oxygen atoms in total. The van der Waals surface area contributed by atoms with Crippen molar-refractivity contribution in [2.45, 2.75) is 6.18 Å². The van der Waals surface area contributed by atoms with Crippen molar-refractivity contribution in [3.63, 3.8) is 0 Å². The summed E-state index contributed by atoms with van der Waals surface area (Å²) in [4.78, 5) is 10.7. The van der Waals surface area contributed by atoms with Gasteiger partial charge in [-0.1, -0.05) is 23.7 Å². The van der Waals surface area contributed by atoms with Crippen molar-refractivity contribution >= 4 is 17.4 Å². The summed E-state index contributed by atoms with van der Waals surface area (Å²) >= 11 is 6.03. The molecule has 2 aromatic rings. The number of ether oxygens (including phenoxy) is 1. The van der Waals surface area contributed by atoms with Crippen LogP contribution in [0.4, 0.5) is 19.0 Å². The average molecular weight is 387 g/mol. The number of benzene rings is 1. The van der Waals surface area contributed by atoms with Crippen LogP contribution in [0.5, 0.6) is 0 Å². The molecule has 1 N–H and O–H groups in total. The SMILES string of the molecule is FC(F)(F)c1ccc(-c2nc(Cl)cc(NCCN3CCOCC3)n2)cc1. The standard InChI is InChI=1S/C17H18ClF3N4O/c18-14-11-15(22-5-6-25-7-9-26-10-8-25)24-16(23-14)12-1-3-13(4-2-12)17(19,20)21/h1-4,11H,5-10H2,(H,22,23,24). The van der Waals surface area contributed by atoms with Crippen LogP contribution in [-0.2, 0) is 10.9 Å². The molecule has 0 spiro atoms. The molecule has 0 atom stereocenters. The smallest absolute Gasteiger partial charge is 0.379 e. The van der Waals surface area contributed by atoms with Crippen LogP contribution in [0.25, 0.3) is 11.4 Å². The molecule has 9 heteroatoms. The molecule has 1 aliphatic rings. The lowest BCUT2D eigenvalue weighted by molar-refractivity contribution is -0.137. The Hall–Kier alpha value is -1.90. The minimum atomic E-state index is -4.38. The quantitative estimate of drug-likeness (QED) is 0.796. The van der Waals surface area contributed by atoms with Gasteiger partial charge in [0.1, 0.15) is 11.0 Å². The molecule has 1 aliphatic heterocycles. The normalized spacial score (nSPS) is 15.8. The number of morpholine rings is 1. The summed E-state index contributed by atoms with van der Waals surface area (Å²) in [7, 11) is 0. The highest BCUT2D eigenvalue weighted by Crippen LogP contribution is 2.30. The fraction of sp³-hybridized carbons (Fsp3) is 0.412. The molecule has 140 valence electrons. The molecule has 0 radical (unpaired) electrons. The minimum absolute atomic E-state index is 0.226. The van der Waals surface area contributed by atoms with Crippen molar-refractivity contribution in [3.05, 3.63) is 41.0 Å². The fourth-order valence-electron chi connectivity index (χ4n) is 2.61. The predicted molar refractivity (Wildman–Crippen MR) is 93.2 cm³/mol. The van der Waals surface area contributed by atoms with Crippen molar-refractivity contribution in [1.29, 1.82) is 0 Å². The van der Waals surface area contributed by atoms with Crippen molar-refractivity contribution in [2.24, 2.45) is 0 Å². The first-order chi connectivity index (χ1) is 12.4. The minimum Gasteiger partial charge on any atom is -0.379 e. The molecule has 1 fully saturated rings. The molecule has 0 aliphatic carbocycles. The number of anilines is 1. The summed E-state index contributed by atoms with van der Waals surface area (Å²) in [5.74, 6) is 0.813. The first kappa shape index (κ1) is 18.9. The van der Waals surface area contributed by atoms with Gasteiger partial charge >= 0.3 is 6.18 Å². The van der Waals surface area contributed by atoms with E-state index in [0.29, 0.717) is 17.9 Å². The van der Waals surface area contributed by atoms with Crippen LogP contribution in [0.15, 0.2) is 30.3 Å². The van der Waals surface area contributed by atoms with Gasteiger partial charge in [0.25, 0.3) is 0 Å². The Kier molecular flexibility index (Phi) is 5.95. The highest BCUT2D eigenvalue weighted by molar-refractivity contribution is 6.29. The Bertz CT molecular complexity index is 734. The number of rotatable bonds is 5. The molecule has 2 heterocycles. The summed E-state index contributed by atoms with van der Waals surface area (Å²) in [5, 5.41) is 3.41. The Morgan fingerprint density at radius 2 is 1.81 bits per heavy atom. The fourth-order valence-corrected chi connectivity index (χ4v) is 2.80. The van der Waals surface area contributed by atoms with Gasteiger partial charge in [-0.3, -0.25) is 4.90 Å². The molecule has 26 heavy (non-hydrogen) atoms. The second-order valence-electron chi connectivity index (χ2n) is 5.86. The number of alkyl halides is 3. The summed E-state index contributed by atoms with van der Waals surface area (Å²) in [5.41, 5.74) is -0.246. The second-order valence-corrected chi connectivity index (χ2v) is 6.24. The van der Waals surface area contributed by atoms with E-state index in [4.69, 9.17) is 16.3 Å². The number of hydrogen-bond donors (Lipinski definition) is 1. The van der Waals surface area contributed by atoms with E-state index in [2.05, 4.69) is 20.2 Å². The van der Waals surface area contributed by atoms with Crippen LogP contribution in [0.3, 0.4) is 0 Å². The number of nitrogens with zero attached hydrogens (tertiary/aromatic N) is 3. The molecule has 0 amide bonds. The monoisotopic (exact) mass is 386 g/mol. The van der Waals surface area contributed by atoms with Gasteiger partial charge in [0.15, 0.2) is 5.82 Å². The summed E-state index contributed by atoms with van der Waals surface area (Å²) in [6.45, 7) is 4.75. The zero-order valence-corrected chi connectivity index (χ0v) is 14.6. The number of halogens is 4. The van der Waals surface area contributed by atoms with E-state index in [9.17, 15) is 13.2 Å². The van der Waals surface area contributed by atoms with E-state index in [1.54, 1.807) is 6.07 Å². The third kappa shape index (κ3) is 5.06. The number of aromatic nitrogens is 2. The van der Waals surface area contributed by atoms with Gasteiger partial charge in [0.2, 0.25) is 0 Å². The Balaban J connectivity index is 1.67. The zero-order chi connectivity index (χ0) is 18.6. The molecule has 3 rings (SSSR count). The summed E-state index contributed by atoms with van der Waals surface area (Å²) in [6.07, 6.45) is -4.38. The van der Waals surface area contributed by atoms with Gasteiger partial charge in [0.05, 0.1) is 18.8 Å². The van der Waals surface area contributed by atoms with Gasteiger partial charge in [-0.05, 0) is 12.1 Å². The lowest BCUT2D eigenvalue weighted by atomic mass is 10.1. The van der Waals surface area contributed by atoms with E-state index in [-0.39, 0.29) is 11.0 Å². The van der Waals surface area contributed by atoms with E-state index in [1.807, 2.05) is 0 Å². The number of hydrogen-bond acceptors (Lipinski definition) is 5. The topological polar surface area (TPSA) is 50.3 Å². The van der Waals surface area contributed by atoms with Crippen molar-refractivity contribution in [3.8, 4) is 11.4 Å². The van der Waals surface area contributed by atoms with Crippen LogP contribution in [0.1, 0.15) is 5.56 Å². The lowest BCUT2D eigenvalue weighted by Crippen LogP contribution is -2.39. The van der Waals surface area contributed by atoms with E-state index in [0.717, 1.165) is 45.0 Å². The first-order valence-electron chi connectivity index (χ1n) is 8.18. The second kappa shape index (κ2) is 8.20. The third-order valence-electron chi connectivity index (χ3n) is 4.00. The van der Waals surface area contributed by atoms with E-state index < -0.39 is 11.7 Å². The zero-order valence-electron chi connectivity index (χ0n) is 13.9. The van der Waals surface area contributed by atoms with Crippen molar-refractivity contribution < 1.29 is 17.9 Å². The van der Waals surface area contributed by atoms with Gasteiger partial charge in [-0.25, -0.2) is 9.97 Å². The molecule has 1 aromatic heterocycles. The van der Waals surface area contributed by atoms with Gasteiger partial charge in [0, 0.05) is 37.8 Å². The van der Waals surface area contributed by atoms with Crippen molar-refractivity contribution in [1.82, 2.24) is 14.9 Å². The van der Waals surface area contributed by atoms with E-state index in [1.165, 1.54) is 12.1 Å². The Morgan fingerprint density at radius 3 is 2.46 bits per heavy atom. The molecular formula is C17H18ClF3N4O. The summed E-state index contributed by atoms with van der Waals surface area (Å²) in [6, 6.07) is 6.28. The van der Waals surface area contributed by atoms with Crippen LogP contribution in [0.2, 0.25) is 5.15 Å². The predicted octanol–water partition coefficient (Wildman–Crippen LogP) is 3.56. The lowest BCUT2D eigenvalue weighted by Gasteiger charge is -2.26. The van der Waals surface area contributed by atoms with E-state index >= 15 is 0 Å². The van der Waals surface area contributed by atoms with Crippen molar-refractivity contribution in [2.75, 3.05) is 44.7 Å². The third-order valence-corrected chi connectivity index (χ3v) is 4.20. The molecule has 0 saturated carbocycles.